The molecule has 0 saturated heterocycles. The SMILES string of the molecule is CCCO[C@H](C)CCC. The van der Waals surface area contributed by atoms with E-state index in [2.05, 4.69) is 20.8 Å². The molecule has 0 aromatic carbocycles. The summed E-state index contributed by atoms with van der Waals surface area (Å²) in [6, 6.07) is 0. The van der Waals surface area contributed by atoms with Gasteiger partial charge in [-0.2, -0.15) is 0 Å². The number of hydrogen-bond donors (Lipinski definition) is 0. The topological polar surface area (TPSA) is 9.23 Å². The molecule has 0 aliphatic rings. The van der Waals surface area contributed by atoms with Crippen molar-refractivity contribution in [3.8, 4) is 0 Å². The van der Waals surface area contributed by atoms with Crippen molar-refractivity contribution in [2.75, 3.05) is 6.61 Å². The summed E-state index contributed by atoms with van der Waals surface area (Å²) in [4.78, 5) is 0. The molecule has 0 aromatic heterocycles. The van der Waals surface area contributed by atoms with Crippen molar-refractivity contribution in [1.29, 1.82) is 0 Å². The van der Waals surface area contributed by atoms with Crippen molar-refractivity contribution in [3.63, 3.8) is 0 Å². The zero-order valence-corrected chi connectivity index (χ0v) is 6.81. The molecule has 56 valence electrons. The van der Waals surface area contributed by atoms with E-state index in [0.717, 1.165) is 13.0 Å². The van der Waals surface area contributed by atoms with Crippen molar-refractivity contribution >= 4 is 0 Å². The van der Waals surface area contributed by atoms with Crippen molar-refractivity contribution < 1.29 is 4.74 Å². The minimum atomic E-state index is 0.468. The highest BCUT2D eigenvalue weighted by Gasteiger charge is 1.96. The van der Waals surface area contributed by atoms with Crippen molar-refractivity contribution in [2.45, 2.75) is 46.1 Å². The van der Waals surface area contributed by atoms with Crippen molar-refractivity contribution in [2.24, 2.45) is 0 Å². The smallest absolute Gasteiger partial charge is 0.0546 e. The van der Waals surface area contributed by atoms with E-state index in [9.17, 15) is 0 Å². The van der Waals surface area contributed by atoms with Gasteiger partial charge in [0.05, 0.1) is 6.10 Å². The summed E-state index contributed by atoms with van der Waals surface area (Å²) in [5.74, 6) is 0. The highest BCUT2D eigenvalue weighted by Crippen LogP contribution is 2.00. The zero-order valence-electron chi connectivity index (χ0n) is 6.81. The van der Waals surface area contributed by atoms with Gasteiger partial charge in [-0.3, -0.25) is 0 Å². The average Bonchev–Trinajstić information content (AvgIpc) is 1.85. The summed E-state index contributed by atoms with van der Waals surface area (Å²) < 4.78 is 5.43. The van der Waals surface area contributed by atoms with Crippen LogP contribution in [0.5, 0.6) is 0 Å². The highest BCUT2D eigenvalue weighted by molar-refractivity contribution is 4.46. The molecule has 0 aliphatic carbocycles. The van der Waals surface area contributed by atoms with E-state index >= 15 is 0 Å². The van der Waals surface area contributed by atoms with Crippen LogP contribution < -0.4 is 0 Å². The van der Waals surface area contributed by atoms with E-state index in [4.69, 9.17) is 4.74 Å². The fourth-order valence-corrected chi connectivity index (χ4v) is 0.809. The molecule has 0 rings (SSSR count). The maximum absolute atomic E-state index is 5.43. The van der Waals surface area contributed by atoms with Gasteiger partial charge in [-0.05, 0) is 19.8 Å². The van der Waals surface area contributed by atoms with Gasteiger partial charge in [-0.25, -0.2) is 0 Å². The Morgan fingerprint density at radius 3 is 2.33 bits per heavy atom. The van der Waals surface area contributed by atoms with E-state index in [1.807, 2.05) is 0 Å². The monoisotopic (exact) mass is 130 g/mol. The first-order valence-electron chi connectivity index (χ1n) is 3.92. The van der Waals surface area contributed by atoms with Crippen LogP contribution in [0.15, 0.2) is 0 Å². The molecule has 0 heterocycles. The predicted molar refractivity (Wildman–Crippen MR) is 40.6 cm³/mol. The lowest BCUT2D eigenvalue weighted by Gasteiger charge is -2.09. The zero-order chi connectivity index (χ0) is 7.11. The summed E-state index contributed by atoms with van der Waals surface area (Å²) in [6.45, 7) is 7.38. The first-order valence-corrected chi connectivity index (χ1v) is 3.92. The van der Waals surface area contributed by atoms with Crippen molar-refractivity contribution in [1.82, 2.24) is 0 Å². The minimum Gasteiger partial charge on any atom is -0.379 e. The molecule has 0 spiro atoms. The fraction of sp³-hybridized carbons (Fsp3) is 1.00. The molecule has 9 heavy (non-hydrogen) atoms. The molecule has 0 bridgehead atoms. The Kier molecular flexibility index (Phi) is 6.06. The summed E-state index contributed by atoms with van der Waals surface area (Å²) >= 11 is 0. The van der Waals surface area contributed by atoms with Gasteiger partial charge < -0.3 is 4.74 Å². The molecular formula is C8H18O. The normalized spacial score (nSPS) is 13.7. The van der Waals surface area contributed by atoms with Gasteiger partial charge in [0.15, 0.2) is 0 Å². The van der Waals surface area contributed by atoms with Gasteiger partial charge in [-0.15, -0.1) is 0 Å². The Balaban J connectivity index is 2.95. The molecule has 1 heteroatoms. The van der Waals surface area contributed by atoms with Gasteiger partial charge in [0.1, 0.15) is 0 Å². The Hall–Kier alpha value is -0.0400. The minimum absolute atomic E-state index is 0.468. The van der Waals surface area contributed by atoms with Crippen LogP contribution in [0.3, 0.4) is 0 Å². The van der Waals surface area contributed by atoms with Crippen molar-refractivity contribution in [3.05, 3.63) is 0 Å². The van der Waals surface area contributed by atoms with E-state index in [1.165, 1.54) is 12.8 Å². The molecule has 0 fully saturated rings. The quantitative estimate of drug-likeness (QED) is 0.556. The molecule has 0 amide bonds. The summed E-state index contributed by atoms with van der Waals surface area (Å²) in [6.07, 6.45) is 4.02. The lowest BCUT2D eigenvalue weighted by molar-refractivity contribution is 0.0603. The van der Waals surface area contributed by atoms with E-state index in [1.54, 1.807) is 0 Å². The fourth-order valence-electron chi connectivity index (χ4n) is 0.809. The first kappa shape index (κ1) is 8.96. The molecule has 0 N–H and O–H groups in total. The van der Waals surface area contributed by atoms with E-state index < -0.39 is 0 Å². The highest BCUT2D eigenvalue weighted by atomic mass is 16.5. The third-order valence-electron chi connectivity index (χ3n) is 1.30. The Morgan fingerprint density at radius 2 is 1.89 bits per heavy atom. The third-order valence-corrected chi connectivity index (χ3v) is 1.30. The van der Waals surface area contributed by atoms with Crippen LogP contribution in [-0.2, 0) is 4.74 Å². The van der Waals surface area contributed by atoms with Crippen LogP contribution in [-0.4, -0.2) is 12.7 Å². The van der Waals surface area contributed by atoms with Gasteiger partial charge in [-0.1, -0.05) is 20.3 Å². The van der Waals surface area contributed by atoms with E-state index in [-0.39, 0.29) is 0 Å². The van der Waals surface area contributed by atoms with Crippen LogP contribution in [0.1, 0.15) is 40.0 Å². The number of ether oxygens (including phenoxy) is 1. The lowest BCUT2D eigenvalue weighted by Crippen LogP contribution is -2.07. The van der Waals surface area contributed by atoms with Gasteiger partial charge in [0.25, 0.3) is 0 Å². The van der Waals surface area contributed by atoms with Gasteiger partial charge >= 0.3 is 0 Å². The summed E-state index contributed by atoms with van der Waals surface area (Å²) in [7, 11) is 0. The number of rotatable bonds is 5. The average molecular weight is 130 g/mol. The van der Waals surface area contributed by atoms with Gasteiger partial charge in [0, 0.05) is 6.61 Å². The molecule has 0 saturated carbocycles. The molecule has 1 nitrogen and oxygen atoms in total. The molecule has 0 unspecified atom stereocenters. The standard InChI is InChI=1S/C8H18O/c1-4-6-8(3)9-7-5-2/h8H,4-7H2,1-3H3/t8-/m1/s1. The van der Waals surface area contributed by atoms with E-state index in [0.29, 0.717) is 6.10 Å². The molecule has 0 aromatic rings. The molecular weight excluding hydrogens is 112 g/mol. The molecule has 1 atom stereocenters. The first-order chi connectivity index (χ1) is 4.31. The second-order valence-corrected chi connectivity index (χ2v) is 2.47. The summed E-state index contributed by atoms with van der Waals surface area (Å²) in [5.41, 5.74) is 0. The predicted octanol–water partition coefficient (Wildman–Crippen LogP) is 2.60. The maximum atomic E-state index is 5.43. The van der Waals surface area contributed by atoms with Crippen LogP contribution >= 0.6 is 0 Å². The Morgan fingerprint density at radius 1 is 1.22 bits per heavy atom. The lowest BCUT2D eigenvalue weighted by atomic mass is 10.2. The van der Waals surface area contributed by atoms with Crippen LogP contribution in [0.2, 0.25) is 0 Å². The summed E-state index contributed by atoms with van der Waals surface area (Å²) in [5, 5.41) is 0. The van der Waals surface area contributed by atoms with Crippen LogP contribution in [0.25, 0.3) is 0 Å². The van der Waals surface area contributed by atoms with Crippen LogP contribution in [0, 0.1) is 0 Å². The largest absolute Gasteiger partial charge is 0.379 e. The molecule has 0 aliphatic heterocycles. The second kappa shape index (κ2) is 6.09. The Labute approximate surface area is 58.4 Å². The Bertz CT molecular complexity index is 52.5. The second-order valence-electron chi connectivity index (χ2n) is 2.47. The van der Waals surface area contributed by atoms with Gasteiger partial charge in [0.2, 0.25) is 0 Å². The molecule has 0 radical (unpaired) electrons. The third kappa shape index (κ3) is 5.84. The van der Waals surface area contributed by atoms with Crippen LogP contribution in [0.4, 0.5) is 0 Å². The maximum Gasteiger partial charge on any atom is 0.0546 e. The number of hydrogen-bond acceptors (Lipinski definition) is 1.